The van der Waals surface area contributed by atoms with Crippen molar-refractivity contribution in [3.63, 3.8) is 0 Å². The molecule has 0 saturated carbocycles. The number of amides is 1. The smallest absolute Gasteiger partial charge is 0.300 e. The summed E-state index contributed by atoms with van der Waals surface area (Å²) in [4.78, 5) is 27.7. The molecule has 0 radical (unpaired) electrons. The lowest BCUT2D eigenvalue weighted by molar-refractivity contribution is -0.132. The van der Waals surface area contributed by atoms with Crippen molar-refractivity contribution < 1.29 is 19.4 Å². The van der Waals surface area contributed by atoms with E-state index < -0.39 is 17.7 Å². The maximum Gasteiger partial charge on any atom is 0.300 e. The standard InChI is InChI=1S/C25H16Cl2N2O4/c1-33-20-5-3-2-4-17(20)22-21(23(30)15-8-11-18(26)19(27)12-15)24(31)25(32)29(22)16-9-6-14(13-28)7-10-16/h2-12,22,30H,1H3/b23-21+. The Kier molecular flexibility index (Phi) is 6.10. The van der Waals surface area contributed by atoms with Gasteiger partial charge in [0.1, 0.15) is 11.5 Å². The van der Waals surface area contributed by atoms with Gasteiger partial charge in [-0.05, 0) is 48.5 Å². The zero-order valence-corrected chi connectivity index (χ0v) is 18.8. The summed E-state index contributed by atoms with van der Waals surface area (Å²) in [6.45, 7) is 0. The highest BCUT2D eigenvalue weighted by Crippen LogP contribution is 2.45. The lowest BCUT2D eigenvalue weighted by atomic mass is 9.94. The second-order valence-electron chi connectivity index (χ2n) is 7.20. The molecule has 1 amide bonds. The number of ketones is 1. The van der Waals surface area contributed by atoms with Gasteiger partial charge in [0.05, 0.1) is 40.4 Å². The van der Waals surface area contributed by atoms with Crippen LogP contribution in [-0.2, 0) is 9.59 Å². The van der Waals surface area contributed by atoms with Gasteiger partial charge in [-0.2, -0.15) is 5.26 Å². The number of anilines is 1. The number of rotatable bonds is 4. The van der Waals surface area contributed by atoms with E-state index in [-0.39, 0.29) is 26.9 Å². The second kappa shape index (κ2) is 8.99. The van der Waals surface area contributed by atoms with Crippen molar-refractivity contribution in [3.05, 3.63) is 99.0 Å². The molecule has 6 nitrogen and oxygen atoms in total. The van der Waals surface area contributed by atoms with Gasteiger partial charge in [-0.25, -0.2) is 0 Å². The number of carbonyl (C=O) groups is 2. The van der Waals surface area contributed by atoms with Gasteiger partial charge < -0.3 is 9.84 Å². The largest absolute Gasteiger partial charge is 0.507 e. The van der Waals surface area contributed by atoms with Gasteiger partial charge >= 0.3 is 0 Å². The highest BCUT2D eigenvalue weighted by Gasteiger charge is 2.47. The van der Waals surface area contributed by atoms with Gasteiger partial charge in [0.2, 0.25) is 0 Å². The van der Waals surface area contributed by atoms with Gasteiger partial charge in [-0.15, -0.1) is 0 Å². The number of carbonyl (C=O) groups excluding carboxylic acids is 2. The van der Waals surface area contributed by atoms with Crippen LogP contribution in [0.4, 0.5) is 5.69 Å². The molecular formula is C25H16Cl2N2O4. The number of nitriles is 1. The topological polar surface area (TPSA) is 90.6 Å². The predicted molar refractivity (Wildman–Crippen MR) is 125 cm³/mol. The summed E-state index contributed by atoms with van der Waals surface area (Å²) in [7, 11) is 1.48. The molecule has 1 saturated heterocycles. The third-order valence-electron chi connectivity index (χ3n) is 5.35. The van der Waals surface area contributed by atoms with E-state index in [1.807, 2.05) is 6.07 Å². The SMILES string of the molecule is COc1ccccc1C1/C(=C(\O)c2ccc(Cl)c(Cl)c2)C(=O)C(=O)N1c1ccc(C#N)cc1. The van der Waals surface area contributed by atoms with Gasteiger partial charge in [0.25, 0.3) is 11.7 Å². The fourth-order valence-electron chi connectivity index (χ4n) is 3.78. The van der Waals surface area contributed by atoms with Crippen LogP contribution in [0.3, 0.4) is 0 Å². The monoisotopic (exact) mass is 478 g/mol. The minimum Gasteiger partial charge on any atom is -0.507 e. The molecule has 8 heteroatoms. The molecule has 1 aliphatic heterocycles. The first-order valence-electron chi connectivity index (χ1n) is 9.77. The van der Waals surface area contributed by atoms with Crippen LogP contribution in [0.15, 0.2) is 72.3 Å². The number of para-hydroxylation sites is 1. The molecule has 164 valence electrons. The van der Waals surface area contributed by atoms with Crippen LogP contribution >= 0.6 is 23.2 Å². The third kappa shape index (κ3) is 3.93. The second-order valence-corrected chi connectivity index (χ2v) is 8.01. The maximum atomic E-state index is 13.2. The molecule has 0 bridgehead atoms. The van der Waals surface area contributed by atoms with Gasteiger partial charge in [-0.3, -0.25) is 14.5 Å². The molecule has 1 aliphatic rings. The van der Waals surface area contributed by atoms with E-state index in [9.17, 15) is 14.7 Å². The third-order valence-corrected chi connectivity index (χ3v) is 6.08. The highest BCUT2D eigenvalue weighted by atomic mass is 35.5. The number of nitrogens with zero attached hydrogens (tertiary/aromatic N) is 2. The summed E-state index contributed by atoms with van der Waals surface area (Å²) < 4.78 is 5.48. The van der Waals surface area contributed by atoms with E-state index in [1.54, 1.807) is 48.5 Å². The van der Waals surface area contributed by atoms with Crippen LogP contribution < -0.4 is 9.64 Å². The molecule has 33 heavy (non-hydrogen) atoms. The van der Waals surface area contributed by atoms with E-state index in [1.165, 1.54) is 30.2 Å². The van der Waals surface area contributed by atoms with Gasteiger partial charge in [0, 0.05) is 16.8 Å². The maximum absolute atomic E-state index is 13.2. The van der Waals surface area contributed by atoms with Crippen LogP contribution in [0, 0.1) is 11.3 Å². The Morgan fingerprint density at radius 3 is 2.36 bits per heavy atom. The van der Waals surface area contributed by atoms with Crippen LogP contribution in [0.2, 0.25) is 10.0 Å². The zero-order chi connectivity index (χ0) is 23.7. The van der Waals surface area contributed by atoms with Crippen LogP contribution in [-0.4, -0.2) is 23.9 Å². The number of Topliss-reactive ketones (excluding diaryl/α,β-unsaturated/α-hetero) is 1. The number of aliphatic hydroxyl groups is 1. The zero-order valence-electron chi connectivity index (χ0n) is 17.3. The van der Waals surface area contributed by atoms with E-state index in [0.29, 0.717) is 22.6 Å². The first-order chi connectivity index (χ1) is 15.9. The minimum atomic E-state index is -0.983. The Labute approximate surface area is 199 Å². The first-order valence-corrected chi connectivity index (χ1v) is 10.5. The van der Waals surface area contributed by atoms with Crippen molar-refractivity contribution in [1.29, 1.82) is 5.26 Å². The van der Waals surface area contributed by atoms with Gasteiger partial charge in [0.15, 0.2) is 0 Å². The molecule has 0 aromatic heterocycles. The normalized spacial score (nSPS) is 17.2. The van der Waals surface area contributed by atoms with Gasteiger partial charge in [-0.1, -0.05) is 41.4 Å². The van der Waals surface area contributed by atoms with E-state index >= 15 is 0 Å². The van der Waals surface area contributed by atoms with Crippen molar-refractivity contribution >= 4 is 46.3 Å². The lowest BCUT2D eigenvalue weighted by Crippen LogP contribution is -2.29. The summed E-state index contributed by atoms with van der Waals surface area (Å²) in [6, 6.07) is 18.6. The minimum absolute atomic E-state index is 0.118. The van der Waals surface area contributed by atoms with Crippen molar-refractivity contribution in [2.75, 3.05) is 12.0 Å². The molecule has 1 N–H and O–H groups in total. The molecule has 0 aliphatic carbocycles. The number of hydrogen-bond donors (Lipinski definition) is 1. The van der Waals surface area contributed by atoms with E-state index in [2.05, 4.69) is 0 Å². The molecular weight excluding hydrogens is 463 g/mol. The molecule has 3 aromatic rings. The van der Waals surface area contributed by atoms with Crippen LogP contribution in [0.5, 0.6) is 5.75 Å². The Balaban J connectivity index is 1.98. The molecule has 0 spiro atoms. The summed E-state index contributed by atoms with van der Waals surface area (Å²) in [5.41, 5.74) is 1.42. The Morgan fingerprint density at radius 1 is 1.03 bits per heavy atom. The van der Waals surface area contributed by atoms with Crippen molar-refractivity contribution in [1.82, 2.24) is 0 Å². The molecule has 1 heterocycles. The lowest BCUT2D eigenvalue weighted by Gasteiger charge is -2.26. The van der Waals surface area contributed by atoms with E-state index in [4.69, 9.17) is 33.2 Å². The highest BCUT2D eigenvalue weighted by molar-refractivity contribution is 6.52. The fourth-order valence-corrected chi connectivity index (χ4v) is 4.08. The summed E-state index contributed by atoms with van der Waals surface area (Å²) in [5, 5.41) is 20.7. The molecule has 3 aromatic carbocycles. The molecule has 1 unspecified atom stereocenters. The average molecular weight is 479 g/mol. The predicted octanol–water partition coefficient (Wildman–Crippen LogP) is 5.50. The van der Waals surface area contributed by atoms with Crippen molar-refractivity contribution in [2.24, 2.45) is 0 Å². The average Bonchev–Trinajstić information content (AvgIpc) is 3.10. The first kappa shape index (κ1) is 22.4. The summed E-state index contributed by atoms with van der Waals surface area (Å²) in [5.74, 6) is -1.64. The Morgan fingerprint density at radius 2 is 1.73 bits per heavy atom. The summed E-state index contributed by atoms with van der Waals surface area (Å²) in [6.07, 6.45) is 0. The molecule has 1 fully saturated rings. The Hall–Kier alpha value is -3.79. The molecule has 4 rings (SSSR count). The quantitative estimate of drug-likeness (QED) is 0.303. The van der Waals surface area contributed by atoms with E-state index in [0.717, 1.165) is 0 Å². The number of aliphatic hydroxyl groups excluding tert-OH is 1. The number of ether oxygens (including phenoxy) is 1. The van der Waals surface area contributed by atoms with Crippen molar-refractivity contribution in [2.45, 2.75) is 6.04 Å². The number of hydrogen-bond acceptors (Lipinski definition) is 5. The van der Waals surface area contributed by atoms with Crippen molar-refractivity contribution in [3.8, 4) is 11.8 Å². The Bertz CT molecular complexity index is 1340. The van der Waals surface area contributed by atoms with Crippen LogP contribution in [0.25, 0.3) is 5.76 Å². The number of benzene rings is 3. The number of halogens is 2. The number of methoxy groups -OCH3 is 1. The summed E-state index contributed by atoms with van der Waals surface area (Å²) >= 11 is 12.1. The molecule has 1 atom stereocenters. The van der Waals surface area contributed by atoms with Crippen LogP contribution in [0.1, 0.15) is 22.7 Å². The fraction of sp³-hybridized carbons (Fsp3) is 0.0800.